The maximum Gasteiger partial charge on any atom is 0.234 e. The molecule has 1 saturated carbocycles. The number of hydrogen-bond acceptors (Lipinski definition) is 7. The lowest BCUT2D eigenvalue weighted by molar-refractivity contribution is -0.113. The van der Waals surface area contributed by atoms with Crippen LogP contribution in [-0.4, -0.2) is 35.6 Å². The van der Waals surface area contributed by atoms with Crippen LogP contribution in [0.3, 0.4) is 0 Å². The second kappa shape index (κ2) is 5.65. The van der Waals surface area contributed by atoms with Crippen molar-refractivity contribution in [3.63, 3.8) is 0 Å². The normalized spacial score (nSPS) is 14.4. The predicted octanol–water partition coefficient (Wildman–Crippen LogP) is 2.42. The minimum absolute atomic E-state index is 0.108. The number of thioether (sulfide) groups is 1. The predicted molar refractivity (Wildman–Crippen MR) is 85.1 cm³/mol. The smallest absolute Gasteiger partial charge is 0.234 e. The van der Waals surface area contributed by atoms with Crippen molar-refractivity contribution < 1.29 is 4.79 Å². The Morgan fingerprint density at radius 1 is 1.41 bits per heavy atom. The van der Waals surface area contributed by atoms with E-state index in [-0.39, 0.29) is 11.7 Å². The fourth-order valence-electron chi connectivity index (χ4n) is 2.09. The first-order chi connectivity index (χ1) is 10.8. The zero-order valence-corrected chi connectivity index (χ0v) is 13.1. The second-order valence-electron chi connectivity index (χ2n) is 5.05. The Balaban J connectivity index is 1.38. The molecule has 1 aromatic carbocycles. The van der Waals surface area contributed by atoms with Crippen molar-refractivity contribution in [1.82, 2.24) is 23.9 Å². The Hall–Kier alpha value is -2.00. The van der Waals surface area contributed by atoms with E-state index in [0.29, 0.717) is 16.8 Å². The summed E-state index contributed by atoms with van der Waals surface area (Å²) in [5.74, 6) is 1.62. The average molecular weight is 332 g/mol. The van der Waals surface area contributed by atoms with Crippen molar-refractivity contribution in [3.05, 3.63) is 24.0 Å². The van der Waals surface area contributed by atoms with Crippen molar-refractivity contribution >= 4 is 46.1 Å². The highest BCUT2D eigenvalue weighted by Crippen LogP contribution is 2.38. The van der Waals surface area contributed by atoms with Crippen LogP contribution in [0.1, 0.15) is 24.6 Å². The van der Waals surface area contributed by atoms with Gasteiger partial charge in [-0.3, -0.25) is 9.89 Å². The van der Waals surface area contributed by atoms with Gasteiger partial charge in [0.15, 0.2) is 0 Å². The number of nitrogens with one attached hydrogen (secondary N) is 2. The molecular weight excluding hydrogens is 320 g/mol. The molecule has 2 heterocycles. The molecule has 0 radical (unpaired) electrons. The van der Waals surface area contributed by atoms with Crippen LogP contribution in [0.25, 0.3) is 11.0 Å². The third-order valence-electron chi connectivity index (χ3n) is 3.34. The van der Waals surface area contributed by atoms with Gasteiger partial charge < -0.3 is 5.32 Å². The molecule has 1 fully saturated rings. The highest BCUT2D eigenvalue weighted by molar-refractivity contribution is 7.99. The molecule has 1 aliphatic rings. The van der Waals surface area contributed by atoms with Gasteiger partial charge >= 0.3 is 0 Å². The minimum Gasteiger partial charge on any atom is -0.323 e. The van der Waals surface area contributed by atoms with Crippen molar-refractivity contribution in [1.29, 1.82) is 0 Å². The molecule has 2 aromatic heterocycles. The highest BCUT2D eigenvalue weighted by atomic mass is 32.2. The SMILES string of the molecule is O=C(CSc1n[nH]c(C2CC2)n1)Nc1cccc2nsnc12. The largest absolute Gasteiger partial charge is 0.323 e. The topological polar surface area (TPSA) is 96.5 Å². The molecule has 0 bridgehead atoms. The summed E-state index contributed by atoms with van der Waals surface area (Å²) in [4.78, 5) is 16.5. The Kier molecular flexibility index (Phi) is 3.51. The molecule has 1 aliphatic carbocycles. The number of H-pyrrole nitrogens is 1. The van der Waals surface area contributed by atoms with Crippen LogP contribution in [0.15, 0.2) is 23.4 Å². The molecular formula is C13H12N6OS2. The Bertz CT molecular complexity index is 825. The van der Waals surface area contributed by atoms with Gasteiger partial charge in [0.1, 0.15) is 16.9 Å². The number of benzene rings is 1. The maximum atomic E-state index is 12.1. The lowest BCUT2D eigenvalue weighted by Gasteiger charge is -2.04. The van der Waals surface area contributed by atoms with E-state index in [1.54, 1.807) is 0 Å². The molecule has 0 aliphatic heterocycles. The van der Waals surface area contributed by atoms with Gasteiger partial charge in [-0.15, -0.1) is 5.10 Å². The van der Waals surface area contributed by atoms with Gasteiger partial charge in [-0.1, -0.05) is 17.8 Å². The summed E-state index contributed by atoms with van der Waals surface area (Å²) in [7, 11) is 0. The van der Waals surface area contributed by atoms with E-state index >= 15 is 0 Å². The van der Waals surface area contributed by atoms with E-state index < -0.39 is 0 Å². The fourth-order valence-corrected chi connectivity index (χ4v) is 3.24. The number of fused-ring (bicyclic) bond motifs is 1. The number of amides is 1. The number of anilines is 1. The summed E-state index contributed by atoms with van der Waals surface area (Å²) in [6, 6.07) is 5.55. The summed E-state index contributed by atoms with van der Waals surface area (Å²) < 4.78 is 8.35. The van der Waals surface area contributed by atoms with Crippen LogP contribution in [0, 0.1) is 0 Å². The zero-order chi connectivity index (χ0) is 14.9. The number of aromatic amines is 1. The molecule has 9 heteroatoms. The van der Waals surface area contributed by atoms with E-state index in [1.807, 2.05) is 18.2 Å². The van der Waals surface area contributed by atoms with Crippen LogP contribution in [0.5, 0.6) is 0 Å². The van der Waals surface area contributed by atoms with E-state index in [4.69, 9.17) is 0 Å². The van der Waals surface area contributed by atoms with Gasteiger partial charge in [-0.2, -0.15) is 8.75 Å². The third-order valence-corrected chi connectivity index (χ3v) is 4.73. The summed E-state index contributed by atoms with van der Waals surface area (Å²) in [6.07, 6.45) is 2.34. The van der Waals surface area contributed by atoms with E-state index in [0.717, 1.165) is 28.6 Å². The van der Waals surface area contributed by atoms with Crippen LogP contribution < -0.4 is 5.32 Å². The zero-order valence-electron chi connectivity index (χ0n) is 11.4. The average Bonchev–Trinajstić information content (AvgIpc) is 3.07. The first-order valence-electron chi connectivity index (χ1n) is 6.86. The summed E-state index contributed by atoms with van der Waals surface area (Å²) in [6.45, 7) is 0. The molecule has 0 saturated heterocycles. The van der Waals surface area contributed by atoms with Crippen molar-refractivity contribution in [2.75, 3.05) is 11.1 Å². The number of aromatic nitrogens is 5. The highest BCUT2D eigenvalue weighted by Gasteiger charge is 2.27. The standard InChI is InChI=1S/C13H12N6OS2/c20-10(6-21-13-15-12(16-17-13)7-4-5-7)14-8-2-1-3-9-11(8)19-22-18-9/h1-3,7H,4-6H2,(H,14,20)(H,15,16,17). The quantitative estimate of drug-likeness (QED) is 0.697. The maximum absolute atomic E-state index is 12.1. The number of nitrogens with zero attached hydrogens (tertiary/aromatic N) is 4. The molecule has 0 unspecified atom stereocenters. The fraction of sp³-hybridized carbons (Fsp3) is 0.308. The van der Waals surface area contributed by atoms with Gasteiger partial charge in [0.25, 0.3) is 0 Å². The summed E-state index contributed by atoms with van der Waals surface area (Å²) >= 11 is 2.46. The van der Waals surface area contributed by atoms with Gasteiger partial charge in [0.2, 0.25) is 11.1 Å². The molecule has 2 N–H and O–H groups in total. The monoisotopic (exact) mass is 332 g/mol. The minimum atomic E-state index is -0.108. The van der Waals surface area contributed by atoms with Crippen molar-refractivity contribution in [2.24, 2.45) is 0 Å². The second-order valence-corrected chi connectivity index (χ2v) is 6.52. The van der Waals surface area contributed by atoms with E-state index in [2.05, 4.69) is 29.2 Å². The Labute approximate surface area is 134 Å². The molecule has 0 atom stereocenters. The molecule has 112 valence electrons. The van der Waals surface area contributed by atoms with Gasteiger partial charge in [-0.25, -0.2) is 4.98 Å². The summed E-state index contributed by atoms with van der Waals surface area (Å²) in [5, 5.41) is 10.5. The molecule has 7 nitrogen and oxygen atoms in total. The van der Waals surface area contributed by atoms with E-state index in [9.17, 15) is 4.79 Å². The molecule has 3 aromatic rings. The van der Waals surface area contributed by atoms with Gasteiger partial charge in [0.05, 0.1) is 23.2 Å². The van der Waals surface area contributed by atoms with Crippen LogP contribution >= 0.6 is 23.5 Å². The number of hydrogen-bond donors (Lipinski definition) is 2. The first-order valence-corrected chi connectivity index (χ1v) is 8.57. The van der Waals surface area contributed by atoms with Crippen LogP contribution in [-0.2, 0) is 4.79 Å². The molecule has 22 heavy (non-hydrogen) atoms. The van der Waals surface area contributed by atoms with Crippen LogP contribution in [0.4, 0.5) is 5.69 Å². The molecule has 4 rings (SSSR count). The van der Waals surface area contributed by atoms with Gasteiger partial charge in [0, 0.05) is 5.92 Å². The Morgan fingerprint density at radius 2 is 2.32 bits per heavy atom. The lowest BCUT2D eigenvalue weighted by atomic mass is 10.2. The molecule has 1 amide bonds. The Morgan fingerprint density at radius 3 is 3.18 bits per heavy atom. The number of carbonyl (C=O) groups is 1. The first kappa shape index (κ1) is 13.6. The van der Waals surface area contributed by atoms with Crippen molar-refractivity contribution in [3.8, 4) is 0 Å². The lowest BCUT2D eigenvalue weighted by Crippen LogP contribution is -2.14. The van der Waals surface area contributed by atoms with Gasteiger partial charge in [-0.05, 0) is 25.0 Å². The molecule has 0 spiro atoms. The number of rotatable bonds is 5. The van der Waals surface area contributed by atoms with Crippen molar-refractivity contribution in [2.45, 2.75) is 23.9 Å². The summed E-state index contributed by atoms with van der Waals surface area (Å²) in [5.41, 5.74) is 2.20. The van der Waals surface area contributed by atoms with E-state index in [1.165, 1.54) is 24.6 Å². The third kappa shape index (κ3) is 2.81. The van der Waals surface area contributed by atoms with Crippen LogP contribution in [0.2, 0.25) is 0 Å². The number of carbonyl (C=O) groups excluding carboxylic acids is 1.